The summed E-state index contributed by atoms with van der Waals surface area (Å²) in [5.74, 6) is 0. The number of hydrogen-bond donors (Lipinski definition) is 0. The van der Waals surface area contributed by atoms with Crippen LogP contribution in [0.15, 0.2) is 145 Å². The average molecular weight is 488 g/mol. The summed E-state index contributed by atoms with van der Waals surface area (Å²) in [6.45, 7) is -0.0164. The quantitative estimate of drug-likeness (QED) is 0.240. The molecule has 2 heterocycles. The number of nitrogens with zero attached hydrogens (tertiary/aromatic N) is 4. The van der Waals surface area contributed by atoms with Gasteiger partial charge in [-0.3, -0.25) is 4.98 Å². The number of fused-ring (bicyclic) bond motifs is 2. The van der Waals surface area contributed by atoms with Crippen molar-refractivity contribution in [1.29, 1.82) is 0 Å². The Morgan fingerprint density at radius 3 is 2.05 bits per heavy atom. The normalized spacial score (nSPS) is 14.5. The van der Waals surface area contributed by atoms with Crippen molar-refractivity contribution in [3.05, 3.63) is 145 Å². The van der Waals surface area contributed by atoms with E-state index in [1.807, 2.05) is 30.5 Å². The number of allylic oxidation sites excluding steroid dienone is 6. The fraction of sp³-hybridized carbons (Fsp3) is 0.0303. The predicted molar refractivity (Wildman–Crippen MR) is 159 cm³/mol. The van der Waals surface area contributed by atoms with Gasteiger partial charge in [0, 0.05) is 16.9 Å². The third-order valence-corrected chi connectivity index (χ3v) is 7.14. The Morgan fingerprint density at radius 1 is 0.632 bits per heavy atom. The molecule has 0 saturated heterocycles. The lowest BCUT2D eigenvalue weighted by Crippen LogP contribution is -2.45. The van der Waals surface area contributed by atoms with Gasteiger partial charge in [-0.2, -0.15) is 0 Å². The van der Waals surface area contributed by atoms with Crippen molar-refractivity contribution in [3.8, 4) is 11.3 Å². The van der Waals surface area contributed by atoms with Crippen LogP contribution < -0.4 is 9.62 Å². The van der Waals surface area contributed by atoms with E-state index in [2.05, 4.69) is 124 Å². The van der Waals surface area contributed by atoms with E-state index in [0.717, 1.165) is 34.4 Å². The second-order valence-electron chi connectivity index (χ2n) is 9.46. The molecule has 0 unspecified atom stereocenters. The van der Waals surface area contributed by atoms with E-state index in [0.29, 0.717) is 0 Å². The van der Waals surface area contributed by atoms with Crippen molar-refractivity contribution in [2.75, 3.05) is 9.62 Å². The smallest absolute Gasteiger partial charge is 0.360 e. The van der Waals surface area contributed by atoms with Crippen molar-refractivity contribution in [3.63, 3.8) is 0 Å². The van der Waals surface area contributed by atoms with Crippen LogP contribution in [0.1, 0.15) is 6.42 Å². The summed E-state index contributed by atoms with van der Waals surface area (Å²) < 4.78 is 0. The first-order valence-corrected chi connectivity index (χ1v) is 12.9. The molecule has 1 aliphatic carbocycles. The first-order valence-electron chi connectivity index (χ1n) is 12.9. The van der Waals surface area contributed by atoms with Crippen LogP contribution in [0.4, 0.5) is 22.7 Å². The van der Waals surface area contributed by atoms with Gasteiger partial charge in [-0.15, -0.1) is 0 Å². The van der Waals surface area contributed by atoms with Crippen LogP contribution in [0.25, 0.3) is 22.3 Å². The number of hydrogen-bond acceptors (Lipinski definition) is 4. The lowest BCUT2D eigenvalue weighted by molar-refractivity contribution is 1.29. The van der Waals surface area contributed by atoms with Gasteiger partial charge in [0.1, 0.15) is 0 Å². The molecular weight excluding hydrogens is 463 g/mol. The van der Waals surface area contributed by atoms with Crippen LogP contribution in [-0.4, -0.2) is 17.0 Å². The molecule has 0 amide bonds. The molecule has 4 nitrogen and oxygen atoms in total. The molecule has 1 aromatic heterocycles. The van der Waals surface area contributed by atoms with Crippen LogP contribution in [0, 0.1) is 0 Å². The van der Waals surface area contributed by atoms with E-state index in [9.17, 15) is 0 Å². The van der Waals surface area contributed by atoms with Gasteiger partial charge < -0.3 is 9.62 Å². The van der Waals surface area contributed by atoms with Gasteiger partial charge in [0.2, 0.25) is 0 Å². The fourth-order valence-corrected chi connectivity index (χ4v) is 5.37. The molecule has 180 valence electrons. The lowest BCUT2D eigenvalue weighted by Gasteiger charge is -2.31. The van der Waals surface area contributed by atoms with E-state index in [1.54, 1.807) is 0 Å². The zero-order valence-electron chi connectivity index (χ0n) is 20.9. The van der Waals surface area contributed by atoms with Crippen molar-refractivity contribution in [2.45, 2.75) is 6.42 Å². The van der Waals surface area contributed by atoms with Crippen LogP contribution in [-0.2, 0) is 0 Å². The summed E-state index contributed by atoms with van der Waals surface area (Å²) in [4.78, 5) is 14.3. The first-order chi connectivity index (χ1) is 18.9. The minimum Gasteiger partial charge on any atom is -0.360 e. The minimum absolute atomic E-state index is 0.0164. The Labute approximate surface area is 223 Å². The summed E-state index contributed by atoms with van der Waals surface area (Å²) in [6, 6.07) is 36.0. The topological polar surface area (TPSA) is 32.3 Å². The summed E-state index contributed by atoms with van der Waals surface area (Å²) >= 11 is 0. The molecule has 2 aliphatic rings. The van der Waals surface area contributed by atoms with Crippen molar-refractivity contribution < 1.29 is 0 Å². The number of aromatic nitrogens is 2. The van der Waals surface area contributed by atoms with Gasteiger partial charge >= 0.3 is 6.98 Å². The summed E-state index contributed by atoms with van der Waals surface area (Å²) in [5, 5.41) is 0. The molecular formula is C33H25BN4. The highest BCUT2D eigenvalue weighted by Crippen LogP contribution is 2.48. The van der Waals surface area contributed by atoms with Gasteiger partial charge in [-0.05, 0) is 60.4 Å². The van der Waals surface area contributed by atoms with Crippen LogP contribution >= 0.6 is 0 Å². The molecule has 0 atom stereocenters. The minimum atomic E-state index is -0.0164. The van der Waals surface area contributed by atoms with Crippen molar-refractivity contribution >= 4 is 40.8 Å². The maximum atomic E-state index is 4.85. The Hall–Kier alpha value is -4.90. The average Bonchev–Trinajstić information content (AvgIpc) is 3.11. The third kappa shape index (κ3) is 3.89. The lowest BCUT2D eigenvalue weighted by atomic mass is 9.63. The zero-order chi connectivity index (χ0) is 25.3. The highest BCUT2D eigenvalue weighted by atomic mass is 15.3. The molecule has 0 radical (unpaired) electrons. The third-order valence-electron chi connectivity index (χ3n) is 7.14. The van der Waals surface area contributed by atoms with Gasteiger partial charge in [0.05, 0.1) is 34.3 Å². The maximum Gasteiger partial charge on any atom is 0.420 e. The second-order valence-corrected chi connectivity index (χ2v) is 9.46. The fourth-order valence-electron chi connectivity index (χ4n) is 5.37. The summed E-state index contributed by atoms with van der Waals surface area (Å²) in [6.07, 6.45) is 13.8. The Bertz CT molecular complexity index is 1710. The van der Waals surface area contributed by atoms with E-state index in [1.165, 1.54) is 22.5 Å². The maximum absolute atomic E-state index is 4.85. The second kappa shape index (κ2) is 9.53. The highest BCUT2D eigenvalue weighted by molar-refractivity contribution is 6.80. The zero-order valence-corrected chi connectivity index (χ0v) is 20.9. The van der Waals surface area contributed by atoms with Gasteiger partial charge in [-0.25, -0.2) is 4.98 Å². The van der Waals surface area contributed by atoms with Gasteiger partial charge in [0.15, 0.2) is 0 Å². The highest BCUT2D eigenvalue weighted by Gasteiger charge is 2.43. The molecule has 1 aliphatic heterocycles. The number of rotatable bonds is 4. The van der Waals surface area contributed by atoms with Crippen molar-refractivity contribution in [1.82, 2.24) is 9.97 Å². The van der Waals surface area contributed by atoms with Gasteiger partial charge in [-0.1, -0.05) is 85.0 Å². The first kappa shape index (κ1) is 22.3. The van der Waals surface area contributed by atoms with E-state index in [-0.39, 0.29) is 6.98 Å². The molecule has 0 N–H and O–H groups in total. The van der Waals surface area contributed by atoms with Crippen LogP contribution in [0.3, 0.4) is 0 Å². The van der Waals surface area contributed by atoms with Crippen molar-refractivity contribution in [2.24, 2.45) is 0 Å². The molecule has 0 bridgehead atoms. The van der Waals surface area contributed by atoms with E-state index < -0.39 is 0 Å². The van der Waals surface area contributed by atoms with E-state index in [4.69, 9.17) is 4.98 Å². The van der Waals surface area contributed by atoms with Crippen LogP contribution in [0.5, 0.6) is 0 Å². The summed E-state index contributed by atoms with van der Waals surface area (Å²) in [7, 11) is 0. The Morgan fingerprint density at radius 2 is 1.29 bits per heavy atom. The number of para-hydroxylation sites is 5. The largest absolute Gasteiger partial charge is 0.420 e. The molecule has 5 heteroatoms. The number of anilines is 4. The molecule has 38 heavy (non-hydrogen) atoms. The standard InChI is InChI=1S/C33H25BN4/c1-2-5-13-26(12-4-1)34-37(27-14-6-3-7-15-27)32-18-10-11-19-33(32)38(34)28-22-20-25(21-23-28)31-24-35-29-16-8-9-17-30(29)36-31/h1-4,6-24H,5H2. The summed E-state index contributed by atoms with van der Waals surface area (Å²) in [5.41, 5.74) is 9.68. The Balaban J connectivity index is 1.34. The Kier molecular flexibility index (Phi) is 5.59. The molecule has 0 saturated carbocycles. The SMILES string of the molecule is C1=CCC=C(B2N(c3ccccc3)c3ccccc3N2c2ccc(-c3cnc4ccccc4n3)cc2)C=C1. The van der Waals surface area contributed by atoms with E-state index >= 15 is 0 Å². The van der Waals surface area contributed by atoms with Crippen LogP contribution in [0.2, 0.25) is 0 Å². The number of benzene rings is 4. The molecule has 0 spiro atoms. The predicted octanol–water partition coefficient (Wildman–Crippen LogP) is 8.06. The molecule has 7 rings (SSSR count). The molecule has 0 fully saturated rings. The monoisotopic (exact) mass is 488 g/mol. The molecule has 5 aromatic rings. The molecule has 4 aromatic carbocycles. The van der Waals surface area contributed by atoms with Gasteiger partial charge in [0.25, 0.3) is 0 Å².